The predicted molar refractivity (Wildman–Crippen MR) is 465 cm³/mol. The average Bonchev–Trinajstić information content (AvgIpc) is 1.60. The molecular weight excluding hydrogens is 1530 g/mol. The number of piperidine rings is 2. The Bertz CT molecular complexity index is 4510. The fourth-order valence-corrected chi connectivity index (χ4v) is 17.1. The second-order valence-electron chi connectivity index (χ2n) is 30.1. The van der Waals surface area contributed by atoms with Crippen molar-refractivity contribution in [3.8, 4) is 22.8 Å². The second kappa shape index (κ2) is 37.6. The van der Waals surface area contributed by atoms with Gasteiger partial charge in [0.25, 0.3) is 0 Å². The van der Waals surface area contributed by atoms with Gasteiger partial charge in [-0.15, -0.1) is 0 Å². The lowest BCUT2D eigenvalue weighted by molar-refractivity contribution is 0.00578. The molecular formula is C80H114BBrCl2N18O6P2. The molecule has 0 radical (unpaired) electrons. The summed E-state index contributed by atoms with van der Waals surface area (Å²) in [6.45, 7) is 32.7. The number of methoxy groups -OCH3 is 2. The van der Waals surface area contributed by atoms with E-state index in [1.165, 1.54) is 22.5 Å². The van der Waals surface area contributed by atoms with Crippen LogP contribution in [-0.2, 0) is 31.3 Å². The molecule has 4 aromatic heterocycles. The number of anilines is 12. The Morgan fingerprint density at radius 2 is 0.973 bits per heavy atom. The van der Waals surface area contributed by atoms with Crippen LogP contribution in [0, 0.1) is 0 Å². The molecule has 0 spiro atoms. The van der Waals surface area contributed by atoms with Gasteiger partial charge in [-0.2, -0.15) is 9.97 Å². The number of ether oxygens (including phenoxy) is 2. The summed E-state index contributed by atoms with van der Waals surface area (Å²) in [4.78, 5) is 41.9. The molecule has 13 rings (SSSR count). The normalized spacial score (nSPS) is 17.3. The molecule has 9 heterocycles. The first-order chi connectivity index (χ1) is 51.4. The Hall–Kier alpha value is -7.32. The lowest BCUT2D eigenvalue weighted by atomic mass is 9.79. The number of hydrogen-bond donors (Lipinski definition) is 6. The standard InChI is InChI=1S/C37H54BClN7O4P.C36H47ClN9O2P.C5H5BrN2.2CH4/c1-10-25-21-30(32(48-7)23-31(25)46-15-13-27(14-16-46)45-19-17-44(6)18-20-45)42-35-40-24-28(39)34(43-35)41-29-12-11-26(22-33(29)51(8,9)47)38-49-36(2,3)37(4,5)50-38;1-6-24-20-30(32(48-3)22-31(24)46-14-11-26(12-15-46)45-18-16-44(2)17-19-45)42-36-40-23-27(37)35(43-36)41-29-10-9-25(21-33(29)49(4,5)47)34-28(38)8-7-13-39-34;6-5-4(7)2-1-3-8-5;;/h11-12,21-24,27H,10,13-20H2,1-9H3,(H2,40,41,42,43);7-10,13,20-23,26H,6,11-12,14-19,38H2,1-5H3,(H2,40,41,42,43);1-3H,7H2;2*1H4. The summed E-state index contributed by atoms with van der Waals surface area (Å²) < 4.78 is 52.1. The molecule has 5 aliphatic rings. The summed E-state index contributed by atoms with van der Waals surface area (Å²) in [6, 6.07) is 28.3. The summed E-state index contributed by atoms with van der Waals surface area (Å²) in [6.07, 6.45) is 12.9. The predicted octanol–water partition coefficient (Wildman–Crippen LogP) is 14.9. The molecule has 8 N–H and O–H groups in total. The first kappa shape index (κ1) is 86.7. The van der Waals surface area contributed by atoms with Gasteiger partial charge in [0.15, 0.2) is 11.6 Å². The maximum atomic E-state index is 13.6. The second-order valence-corrected chi connectivity index (χ2v) is 38.0. The van der Waals surface area contributed by atoms with Crippen LogP contribution in [0.5, 0.6) is 11.5 Å². The molecule has 24 nitrogen and oxygen atoms in total. The van der Waals surface area contributed by atoms with E-state index in [9.17, 15) is 9.13 Å². The molecule has 110 heavy (non-hydrogen) atoms. The molecule has 8 aromatic rings. The van der Waals surface area contributed by atoms with Crippen molar-refractivity contribution < 1.29 is 27.9 Å². The van der Waals surface area contributed by atoms with Crippen LogP contribution in [0.1, 0.15) is 93.2 Å². The quantitative estimate of drug-likeness (QED) is 0.0235. The van der Waals surface area contributed by atoms with Gasteiger partial charge >= 0.3 is 7.12 Å². The minimum atomic E-state index is -2.76. The third-order valence-electron chi connectivity index (χ3n) is 21.4. The number of rotatable bonds is 20. The zero-order valence-electron chi connectivity index (χ0n) is 64.9. The number of aromatic nitrogens is 6. The van der Waals surface area contributed by atoms with Crippen molar-refractivity contribution in [2.75, 3.05) is 176 Å². The molecule has 594 valence electrons. The van der Waals surface area contributed by atoms with E-state index < -0.39 is 32.6 Å². The van der Waals surface area contributed by atoms with Crippen LogP contribution in [-0.4, -0.2) is 213 Å². The molecule has 5 saturated heterocycles. The maximum absolute atomic E-state index is 13.6. The highest BCUT2D eigenvalue weighted by atomic mass is 79.9. The van der Waals surface area contributed by atoms with E-state index in [-0.39, 0.29) is 14.9 Å². The van der Waals surface area contributed by atoms with Gasteiger partial charge in [-0.25, -0.2) is 15.0 Å². The third kappa shape index (κ3) is 21.1. The maximum Gasteiger partial charge on any atom is 0.494 e. The van der Waals surface area contributed by atoms with Gasteiger partial charge in [0.2, 0.25) is 11.9 Å². The van der Waals surface area contributed by atoms with Crippen molar-refractivity contribution in [1.29, 1.82) is 0 Å². The minimum Gasteiger partial charge on any atom is -0.494 e. The van der Waals surface area contributed by atoms with Crippen LogP contribution in [0.3, 0.4) is 0 Å². The van der Waals surface area contributed by atoms with Crippen LogP contribution in [0.2, 0.25) is 10.0 Å². The molecule has 0 bridgehead atoms. The molecule has 0 unspecified atom stereocenters. The number of pyridine rings is 2. The van der Waals surface area contributed by atoms with Gasteiger partial charge in [-0.05, 0) is 200 Å². The summed E-state index contributed by atoms with van der Waals surface area (Å²) in [5, 5.41) is 15.3. The zero-order valence-corrected chi connectivity index (χ0v) is 69.7. The molecule has 0 aliphatic carbocycles. The number of benzene rings is 4. The number of aryl methyl sites for hydroxylation is 2. The molecule has 0 atom stereocenters. The topological polar surface area (TPSA) is 268 Å². The van der Waals surface area contributed by atoms with Gasteiger partial charge in [-0.3, -0.25) is 14.8 Å². The van der Waals surface area contributed by atoms with Crippen LogP contribution >= 0.6 is 53.4 Å². The number of nitrogens with two attached hydrogens (primary N) is 2. The SMILES string of the molecule is C.C.CCc1cc(Nc2ncc(Cl)c(Nc3ccc(-c4ncccc4N)cc3P(C)(C)=O)n2)c(OC)cc1N1CCC(N2CCN(C)CC2)CC1.CCc1cc(Nc2ncc(Cl)c(Nc3ccc(B4OC(C)(C)C(C)(C)O4)cc3P(C)(C)=O)n2)c(OC)cc1N1CCC(N2CCN(C)CC2)CC1.Nc1cccnc1Br. The molecule has 0 saturated carbocycles. The molecule has 5 aliphatic heterocycles. The highest BCUT2D eigenvalue weighted by Crippen LogP contribution is 2.45. The van der Waals surface area contributed by atoms with E-state index in [0.29, 0.717) is 95.1 Å². The van der Waals surface area contributed by atoms with E-state index in [0.717, 1.165) is 145 Å². The number of nitrogens with one attached hydrogen (secondary N) is 4. The fourth-order valence-electron chi connectivity index (χ4n) is 14.3. The number of halogens is 3. The van der Waals surface area contributed by atoms with Crippen molar-refractivity contribution in [3.63, 3.8) is 0 Å². The first-order valence-corrected chi connectivity index (χ1v) is 43.9. The monoisotopic (exact) mass is 1640 g/mol. The van der Waals surface area contributed by atoms with E-state index in [4.69, 9.17) is 63.4 Å². The number of nitrogens with zero attached hydrogens (tertiary/aromatic N) is 12. The summed E-state index contributed by atoms with van der Waals surface area (Å²) >= 11 is 16.4. The Balaban J connectivity index is 0.000000226. The smallest absolute Gasteiger partial charge is 0.494 e. The lowest BCUT2D eigenvalue weighted by Gasteiger charge is -2.43. The highest BCUT2D eigenvalue weighted by Gasteiger charge is 2.52. The van der Waals surface area contributed by atoms with Crippen molar-refractivity contribution >= 4 is 146 Å². The van der Waals surface area contributed by atoms with E-state index in [2.05, 4.69) is 139 Å². The minimum absolute atomic E-state index is 0. The van der Waals surface area contributed by atoms with Crippen LogP contribution in [0.4, 0.5) is 69.0 Å². The van der Waals surface area contributed by atoms with Gasteiger partial charge in [0, 0.05) is 143 Å². The van der Waals surface area contributed by atoms with E-state index >= 15 is 0 Å². The van der Waals surface area contributed by atoms with Crippen LogP contribution in [0.25, 0.3) is 11.3 Å². The van der Waals surface area contributed by atoms with E-state index in [1.807, 2.05) is 64.1 Å². The van der Waals surface area contributed by atoms with Crippen molar-refractivity contribution in [2.45, 2.75) is 118 Å². The molecule has 30 heteroatoms. The summed E-state index contributed by atoms with van der Waals surface area (Å²) in [5.74, 6) is 2.91. The number of likely N-dealkylation sites (N-methyl/N-ethyl adjacent to an activating group) is 2. The Morgan fingerprint density at radius 3 is 1.36 bits per heavy atom. The molecule has 5 fully saturated rings. The summed E-state index contributed by atoms with van der Waals surface area (Å²) in [5.41, 5.74) is 21.8. The average molecular weight is 1650 g/mol. The van der Waals surface area contributed by atoms with Crippen molar-refractivity contribution in [1.82, 2.24) is 49.5 Å². The highest BCUT2D eigenvalue weighted by molar-refractivity contribution is 9.10. The fraction of sp³-hybridized carbons (Fsp3) is 0.475. The lowest BCUT2D eigenvalue weighted by Crippen LogP contribution is -2.52. The van der Waals surface area contributed by atoms with Crippen LogP contribution in [0.15, 0.2) is 114 Å². The van der Waals surface area contributed by atoms with Gasteiger partial charge in [0.05, 0.1) is 77.6 Å². The van der Waals surface area contributed by atoms with Gasteiger partial charge in [0.1, 0.15) is 40.4 Å². The summed E-state index contributed by atoms with van der Waals surface area (Å²) in [7, 11) is 1.72. The Kier molecular flexibility index (Phi) is 29.6. The van der Waals surface area contributed by atoms with Crippen molar-refractivity contribution in [2.24, 2.45) is 0 Å². The number of piperazine rings is 2. The van der Waals surface area contributed by atoms with E-state index in [1.54, 1.807) is 89.9 Å². The Labute approximate surface area is 671 Å². The number of nitrogen functional groups attached to an aromatic ring is 2. The largest absolute Gasteiger partial charge is 0.494 e. The molecule has 0 amide bonds. The van der Waals surface area contributed by atoms with Gasteiger partial charge in [-0.1, -0.05) is 64.0 Å². The first-order valence-electron chi connectivity index (χ1n) is 37.1. The van der Waals surface area contributed by atoms with Gasteiger partial charge < -0.3 is 80.2 Å². The number of hydrogen-bond acceptors (Lipinski definition) is 24. The van der Waals surface area contributed by atoms with Crippen molar-refractivity contribution in [3.05, 3.63) is 135 Å². The van der Waals surface area contributed by atoms with Crippen LogP contribution < -0.4 is 68.1 Å². The third-order valence-corrected chi connectivity index (χ3v) is 25.7. The zero-order chi connectivity index (χ0) is 77.4. The molecule has 4 aromatic carbocycles. The Morgan fingerprint density at radius 1 is 0.555 bits per heavy atom.